The first-order chi connectivity index (χ1) is 12.5. The van der Waals surface area contributed by atoms with Gasteiger partial charge in [0.25, 0.3) is 0 Å². The van der Waals surface area contributed by atoms with Gasteiger partial charge in [0.15, 0.2) is 9.84 Å². The fraction of sp³-hybridized carbons (Fsp3) is 0.318. The third kappa shape index (κ3) is 3.96. The monoisotopic (exact) mass is 367 g/mol. The summed E-state index contributed by atoms with van der Waals surface area (Å²) in [6.45, 7) is 4.08. The van der Waals surface area contributed by atoms with Gasteiger partial charge in [-0.1, -0.05) is 68.1 Å². The molecule has 0 bridgehead atoms. The van der Waals surface area contributed by atoms with Crippen LogP contribution in [0.3, 0.4) is 0 Å². The number of aryl methyl sites for hydroxylation is 1. The minimum Gasteiger partial charge on any atom is -0.259 e. The maximum Gasteiger partial charge on any atom is 0.186 e. The number of unbranched alkanes of at least 4 members (excludes halogenated alkanes) is 2. The highest BCUT2D eigenvalue weighted by atomic mass is 32.2. The number of fused-ring (bicyclic) bond motifs is 1. The molecule has 0 amide bonds. The van der Waals surface area contributed by atoms with Gasteiger partial charge in [0.05, 0.1) is 10.6 Å². The highest BCUT2D eigenvalue weighted by molar-refractivity contribution is 7.91. The first-order valence-corrected chi connectivity index (χ1v) is 10.7. The normalized spacial score (nSPS) is 13.0. The van der Waals surface area contributed by atoms with Crippen LogP contribution in [0.5, 0.6) is 0 Å². The van der Waals surface area contributed by atoms with Crippen LogP contribution in [0.15, 0.2) is 65.7 Å². The Morgan fingerprint density at radius 2 is 1.65 bits per heavy atom. The van der Waals surface area contributed by atoms with Crippen molar-refractivity contribution in [3.63, 3.8) is 0 Å². The van der Waals surface area contributed by atoms with E-state index in [4.69, 9.17) is 0 Å². The van der Waals surface area contributed by atoms with Gasteiger partial charge in [-0.25, -0.2) is 8.42 Å². The number of hydrogen-bond donors (Lipinski definition) is 0. The molecule has 1 unspecified atom stereocenters. The van der Waals surface area contributed by atoms with Gasteiger partial charge in [0.1, 0.15) is 5.25 Å². The van der Waals surface area contributed by atoms with Crippen LogP contribution >= 0.6 is 0 Å². The predicted octanol–water partition coefficient (Wildman–Crippen LogP) is 5.64. The molecule has 1 aromatic heterocycles. The van der Waals surface area contributed by atoms with Crippen molar-refractivity contribution in [2.45, 2.75) is 49.7 Å². The second kappa shape index (κ2) is 8.00. The van der Waals surface area contributed by atoms with Crippen molar-refractivity contribution in [1.82, 2.24) is 4.98 Å². The second-order valence-electron chi connectivity index (χ2n) is 6.80. The van der Waals surface area contributed by atoms with Gasteiger partial charge >= 0.3 is 0 Å². The third-order valence-corrected chi connectivity index (χ3v) is 6.93. The molecule has 1 atom stereocenters. The third-order valence-electron chi connectivity index (χ3n) is 4.78. The van der Waals surface area contributed by atoms with E-state index in [-0.39, 0.29) is 0 Å². The summed E-state index contributed by atoms with van der Waals surface area (Å²) in [6.07, 6.45) is 5.33. The summed E-state index contributed by atoms with van der Waals surface area (Å²) in [4.78, 5) is 4.89. The minimum absolute atomic E-state index is 0.375. The zero-order valence-electron chi connectivity index (χ0n) is 15.4. The van der Waals surface area contributed by atoms with Crippen molar-refractivity contribution in [2.75, 3.05) is 0 Å². The van der Waals surface area contributed by atoms with Crippen molar-refractivity contribution in [3.8, 4) is 0 Å². The van der Waals surface area contributed by atoms with E-state index in [2.05, 4.69) is 11.9 Å². The van der Waals surface area contributed by atoms with E-state index in [0.29, 0.717) is 17.0 Å². The molecule has 0 N–H and O–H groups in total. The average molecular weight is 368 g/mol. The quantitative estimate of drug-likeness (QED) is 0.508. The van der Waals surface area contributed by atoms with Gasteiger partial charge < -0.3 is 0 Å². The number of pyridine rings is 1. The van der Waals surface area contributed by atoms with E-state index in [9.17, 15) is 8.42 Å². The summed E-state index contributed by atoms with van der Waals surface area (Å²) in [7, 11) is -3.48. The molecule has 0 spiro atoms. The first-order valence-electron chi connectivity index (χ1n) is 9.17. The molecule has 3 rings (SSSR count). The molecule has 0 saturated heterocycles. The molecule has 0 radical (unpaired) electrons. The Labute approximate surface area is 156 Å². The molecule has 0 aliphatic carbocycles. The summed E-state index contributed by atoms with van der Waals surface area (Å²) in [5, 5.41) is 1.44. The molecule has 4 heteroatoms. The smallest absolute Gasteiger partial charge is 0.186 e. The lowest BCUT2D eigenvalue weighted by Gasteiger charge is -2.18. The lowest BCUT2D eigenvalue weighted by molar-refractivity contribution is 0.561. The van der Waals surface area contributed by atoms with E-state index in [1.54, 1.807) is 18.3 Å². The van der Waals surface area contributed by atoms with Gasteiger partial charge in [-0.2, -0.15) is 0 Å². The maximum absolute atomic E-state index is 13.3. The van der Waals surface area contributed by atoms with Crippen LogP contribution in [-0.4, -0.2) is 13.4 Å². The fourth-order valence-corrected chi connectivity index (χ4v) is 4.98. The molecule has 26 heavy (non-hydrogen) atoms. The Morgan fingerprint density at radius 1 is 0.962 bits per heavy atom. The zero-order valence-corrected chi connectivity index (χ0v) is 16.2. The van der Waals surface area contributed by atoms with Crippen LogP contribution in [0.2, 0.25) is 0 Å². The molecule has 3 aromatic rings. The summed E-state index contributed by atoms with van der Waals surface area (Å²) < 4.78 is 26.7. The van der Waals surface area contributed by atoms with E-state index >= 15 is 0 Å². The molecule has 0 saturated carbocycles. The number of nitrogens with zero attached hydrogens (tertiary/aromatic N) is 1. The molecule has 0 aliphatic rings. The maximum atomic E-state index is 13.3. The van der Waals surface area contributed by atoms with Crippen molar-refractivity contribution >= 4 is 20.6 Å². The second-order valence-corrected chi connectivity index (χ2v) is 8.93. The van der Waals surface area contributed by atoms with E-state index in [0.717, 1.165) is 35.6 Å². The zero-order chi connectivity index (χ0) is 18.6. The summed E-state index contributed by atoms with van der Waals surface area (Å²) >= 11 is 0. The number of rotatable bonds is 7. The van der Waals surface area contributed by atoms with Gasteiger partial charge in [-0.3, -0.25) is 4.98 Å². The molecule has 0 fully saturated rings. The Hall–Kier alpha value is -2.20. The summed E-state index contributed by atoms with van der Waals surface area (Å²) in [5.74, 6) is 0. The summed E-state index contributed by atoms with van der Waals surface area (Å²) in [6, 6.07) is 17.0. The lowest BCUT2D eigenvalue weighted by Crippen LogP contribution is -2.15. The standard InChI is InChI=1S/C22H25NO2S/c1-3-4-5-10-22(26(24,25)20-13-11-17(2)12-14-20)21-15-18-8-6-7-9-19(18)16-23-21/h6-9,11-16,22H,3-5,10H2,1-2H3. The fourth-order valence-electron chi connectivity index (χ4n) is 3.21. The Bertz CT molecular complexity index is 978. The topological polar surface area (TPSA) is 47.0 Å². The number of aromatic nitrogens is 1. The van der Waals surface area contributed by atoms with Gasteiger partial charge in [-0.15, -0.1) is 0 Å². The molecule has 0 aliphatic heterocycles. The molecular formula is C22H25NO2S. The summed E-state index contributed by atoms with van der Waals surface area (Å²) in [5.41, 5.74) is 1.69. The van der Waals surface area contributed by atoms with Crippen molar-refractivity contribution in [3.05, 3.63) is 72.1 Å². The van der Waals surface area contributed by atoms with Crippen LogP contribution in [0.4, 0.5) is 0 Å². The highest BCUT2D eigenvalue weighted by Crippen LogP contribution is 2.33. The Morgan fingerprint density at radius 3 is 2.35 bits per heavy atom. The Balaban J connectivity index is 2.04. The van der Waals surface area contributed by atoms with E-state index in [1.807, 2.05) is 49.4 Å². The highest BCUT2D eigenvalue weighted by Gasteiger charge is 2.30. The largest absolute Gasteiger partial charge is 0.259 e. The predicted molar refractivity (Wildman–Crippen MR) is 107 cm³/mol. The van der Waals surface area contributed by atoms with Crippen molar-refractivity contribution in [1.29, 1.82) is 0 Å². The minimum atomic E-state index is -3.48. The van der Waals surface area contributed by atoms with Crippen LogP contribution in [-0.2, 0) is 9.84 Å². The van der Waals surface area contributed by atoms with Gasteiger partial charge in [0, 0.05) is 11.6 Å². The number of sulfone groups is 1. The van der Waals surface area contributed by atoms with Crippen LogP contribution in [0, 0.1) is 6.92 Å². The molecule has 3 nitrogen and oxygen atoms in total. The number of hydrogen-bond acceptors (Lipinski definition) is 3. The van der Waals surface area contributed by atoms with Crippen LogP contribution in [0.25, 0.3) is 10.8 Å². The van der Waals surface area contributed by atoms with E-state index in [1.165, 1.54) is 0 Å². The molecular weight excluding hydrogens is 342 g/mol. The van der Waals surface area contributed by atoms with Crippen molar-refractivity contribution < 1.29 is 8.42 Å². The van der Waals surface area contributed by atoms with Gasteiger partial charge in [-0.05, 0) is 36.9 Å². The van der Waals surface area contributed by atoms with Crippen LogP contribution in [0.1, 0.15) is 49.1 Å². The van der Waals surface area contributed by atoms with Gasteiger partial charge in [0.2, 0.25) is 0 Å². The van der Waals surface area contributed by atoms with E-state index < -0.39 is 15.1 Å². The SMILES string of the molecule is CCCCCC(c1cc2ccccc2cn1)S(=O)(=O)c1ccc(C)cc1. The van der Waals surface area contributed by atoms with Crippen molar-refractivity contribution in [2.24, 2.45) is 0 Å². The molecule has 1 heterocycles. The first kappa shape index (κ1) is 18.6. The lowest BCUT2D eigenvalue weighted by atomic mass is 10.1. The average Bonchev–Trinajstić information content (AvgIpc) is 2.65. The molecule has 2 aromatic carbocycles. The molecule has 136 valence electrons. The van der Waals surface area contributed by atoms with Crippen LogP contribution < -0.4 is 0 Å². The number of benzene rings is 2. The Kier molecular flexibility index (Phi) is 5.72.